The lowest BCUT2D eigenvalue weighted by molar-refractivity contribution is 0.102. The SMILES string of the molecule is O=C(Nc1ccc(N2CCCCC2)cc1)c1ccc(-c2nnc3ncccn23)cc1. The highest BCUT2D eigenvalue weighted by molar-refractivity contribution is 6.04. The van der Waals surface area contributed by atoms with Gasteiger partial charge >= 0.3 is 0 Å². The van der Waals surface area contributed by atoms with Gasteiger partial charge in [0.15, 0.2) is 5.82 Å². The molecule has 7 heteroatoms. The number of piperidine rings is 1. The third kappa shape index (κ3) is 3.61. The Morgan fingerprint density at radius 1 is 0.900 bits per heavy atom. The number of benzene rings is 2. The molecule has 2 aromatic carbocycles. The summed E-state index contributed by atoms with van der Waals surface area (Å²) in [6.45, 7) is 2.21. The number of nitrogens with one attached hydrogen (secondary N) is 1. The van der Waals surface area contributed by atoms with E-state index in [2.05, 4.69) is 37.5 Å². The van der Waals surface area contributed by atoms with Gasteiger partial charge < -0.3 is 10.2 Å². The molecule has 0 unspecified atom stereocenters. The number of nitrogens with zero attached hydrogens (tertiary/aromatic N) is 5. The van der Waals surface area contributed by atoms with Gasteiger partial charge in [-0.3, -0.25) is 9.20 Å². The molecule has 30 heavy (non-hydrogen) atoms. The molecule has 0 aliphatic carbocycles. The zero-order chi connectivity index (χ0) is 20.3. The van der Waals surface area contributed by atoms with Gasteiger partial charge in [0, 0.05) is 48.0 Å². The minimum Gasteiger partial charge on any atom is -0.372 e. The highest BCUT2D eigenvalue weighted by atomic mass is 16.1. The van der Waals surface area contributed by atoms with E-state index in [-0.39, 0.29) is 5.91 Å². The first-order valence-electron chi connectivity index (χ1n) is 10.2. The van der Waals surface area contributed by atoms with Crippen molar-refractivity contribution in [3.05, 3.63) is 72.6 Å². The van der Waals surface area contributed by atoms with Crippen LogP contribution >= 0.6 is 0 Å². The van der Waals surface area contributed by atoms with Crippen LogP contribution in [0.3, 0.4) is 0 Å². The number of hydrogen-bond donors (Lipinski definition) is 1. The number of carbonyl (C=O) groups excluding carboxylic acids is 1. The summed E-state index contributed by atoms with van der Waals surface area (Å²) in [7, 11) is 0. The topological polar surface area (TPSA) is 75.4 Å². The second-order valence-corrected chi connectivity index (χ2v) is 7.44. The van der Waals surface area contributed by atoms with Gasteiger partial charge in [-0.25, -0.2) is 4.98 Å². The van der Waals surface area contributed by atoms with Gasteiger partial charge in [-0.15, -0.1) is 10.2 Å². The second kappa shape index (κ2) is 7.94. The first-order chi connectivity index (χ1) is 14.8. The maximum atomic E-state index is 12.6. The predicted octanol–water partition coefficient (Wildman–Crippen LogP) is 4.03. The maximum absolute atomic E-state index is 12.6. The van der Waals surface area contributed by atoms with Crippen molar-refractivity contribution in [2.24, 2.45) is 0 Å². The Labute approximate surface area is 174 Å². The monoisotopic (exact) mass is 398 g/mol. The van der Waals surface area contributed by atoms with Crippen LogP contribution in [0.15, 0.2) is 67.0 Å². The predicted molar refractivity (Wildman–Crippen MR) is 117 cm³/mol. The lowest BCUT2D eigenvalue weighted by Gasteiger charge is -2.28. The molecule has 1 aliphatic rings. The third-order valence-corrected chi connectivity index (χ3v) is 5.44. The zero-order valence-electron chi connectivity index (χ0n) is 16.5. The molecule has 1 aliphatic heterocycles. The summed E-state index contributed by atoms with van der Waals surface area (Å²) in [5, 5.41) is 11.2. The van der Waals surface area contributed by atoms with E-state index in [4.69, 9.17) is 0 Å². The van der Waals surface area contributed by atoms with Crippen LogP contribution in [-0.2, 0) is 0 Å². The Bertz CT molecular complexity index is 1160. The number of carbonyl (C=O) groups is 1. The molecule has 0 radical (unpaired) electrons. The van der Waals surface area contributed by atoms with Gasteiger partial charge in [-0.05, 0) is 61.7 Å². The second-order valence-electron chi connectivity index (χ2n) is 7.44. The summed E-state index contributed by atoms with van der Waals surface area (Å²) < 4.78 is 1.82. The van der Waals surface area contributed by atoms with E-state index < -0.39 is 0 Å². The molecule has 5 rings (SSSR count). The summed E-state index contributed by atoms with van der Waals surface area (Å²) >= 11 is 0. The fraction of sp³-hybridized carbons (Fsp3) is 0.217. The molecule has 1 saturated heterocycles. The highest BCUT2D eigenvalue weighted by Crippen LogP contribution is 2.23. The van der Waals surface area contributed by atoms with Crippen LogP contribution in [0.25, 0.3) is 17.2 Å². The summed E-state index contributed by atoms with van der Waals surface area (Å²) in [5.74, 6) is 1.10. The van der Waals surface area contributed by atoms with Crippen LogP contribution in [0.5, 0.6) is 0 Å². The molecule has 4 aromatic rings. The quantitative estimate of drug-likeness (QED) is 0.562. The third-order valence-electron chi connectivity index (χ3n) is 5.44. The Hall–Kier alpha value is -3.74. The van der Waals surface area contributed by atoms with Crippen molar-refractivity contribution < 1.29 is 4.79 Å². The fourth-order valence-electron chi connectivity index (χ4n) is 3.82. The molecule has 0 atom stereocenters. The Morgan fingerprint density at radius 3 is 2.43 bits per heavy atom. The largest absolute Gasteiger partial charge is 0.372 e. The molecule has 0 bridgehead atoms. The van der Waals surface area contributed by atoms with Crippen LogP contribution < -0.4 is 10.2 Å². The molecule has 2 aromatic heterocycles. The summed E-state index contributed by atoms with van der Waals surface area (Å²) in [4.78, 5) is 19.2. The molecule has 7 nitrogen and oxygen atoms in total. The van der Waals surface area contributed by atoms with Crippen molar-refractivity contribution >= 4 is 23.1 Å². The van der Waals surface area contributed by atoms with Crippen molar-refractivity contribution in [1.82, 2.24) is 19.6 Å². The number of fused-ring (bicyclic) bond motifs is 1. The number of rotatable bonds is 4. The number of anilines is 2. The van der Waals surface area contributed by atoms with E-state index in [1.54, 1.807) is 18.3 Å². The highest BCUT2D eigenvalue weighted by Gasteiger charge is 2.12. The molecule has 1 amide bonds. The number of hydrogen-bond acceptors (Lipinski definition) is 5. The van der Waals surface area contributed by atoms with Crippen molar-refractivity contribution in [2.45, 2.75) is 19.3 Å². The van der Waals surface area contributed by atoms with Gasteiger partial charge in [-0.1, -0.05) is 12.1 Å². The van der Waals surface area contributed by atoms with Crippen LogP contribution in [0.1, 0.15) is 29.6 Å². The molecule has 150 valence electrons. The molecule has 1 N–H and O–H groups in total. The van der Waals surface area contributed by atoms with Crippen molar-refractivity contribution in [3.63, 3.8) is 0 Å². The molecule has 3 heterocycles. The molecular formula is C23H22N6O. The Morgan fingerprint density at radius 2 is 1.67 bits per heavy atom. The van der Waals surface area contributed by atoms with E-state index in [9.17, 15) is 4.79 Å². The summed E-state index contributed by atoms with van der Waals surface area (Å²) in [6, 6.07) is 17.3. The Kier molecular flexibility index (Phi) is 4.85. The van der Waals surface area contributed by atoms with E-state index in [1.165, 1.54) is 24.9 Å². The standard InChI is InChI=1S/C23H22N6O/c30-22(25-19-9-11-20(12-10-19)28-14-2-1-3-15-28)18-7-5-17(6-8-18)21-26-27-23-24-13-4-16-29(21)23/h4-13,16H,1-3,14-15H2,(H,25,30). The maximum Gasteiger partial charge on any atom is 0.255 e. The van der Waals surface area contributed by atoms with Crippen LogP contribution in [0.2, 0.25) is 0 Å². The van der Waals surface area contributed by atoms with E-state index >= 15 is 0 Å². The zero-order valence-corrected chi connectivity index (χ0v) is 16.5. The molecule has 0 saturated carbocycles. The summed E-state index contributed by atoms with van der Waals surface area (Å²) in [5.41, 5.74) is 3.47. The number of amides is 1. The lowest BCUT2D eigenvalue weighted by atomic mass is 10.1. The van der Waals surface area contributed by atoms with Gasteiger partial charge in [0.1, 0.15) is 0 Å². The van der Waals surface area contributed by atoms with Crippen molar-refractivity contribution in [1.29, 1.82) is 0 Å². The summed E-state index contributed by atoms with van der Waals surface area (Å²) in [6.07, 6.45) is 7.35. The van der Waals surface area contributed by atoms with Gasteiger partial charge in [0.25, 0.3) is 11.7 Å². The Balaban J connectivity index is 1.28. The van der Waals surface area contributed by atoms with Crippen molar-refractivity contribution in [2.75, 3.05) is 23.3 Å². The minimum absolute atomic E-state index is 0.139. The van der Waals surface area contributed by atoms with Crippen LogP contribution in [0.4, 0.5) is 11.4 Å². The smallest absolute Gasteiger partial charge is 0.255 e. The van der Waals surface area contributed by atoms with Crippen molar-refractivity contribution in [3.8, 4) is 11.4 Å². The first kappa shape index (κ1) is 18.3. The normalized spacial score (nSPS) is 14.1. The fourth-order valence-corrected chi connectivity index (χ4v) is 3.82. The minimum atomic E-state index is -0.139. The van der Waals surface area contributed by atoms with Gasteiger partial charge in [-0.2, -0.15) is 0 Å². The lowest BCUT2D eigenvalue weighted by Crippen LogP contribution is -2.29. The number of aromatic nitrogens is 4. The van der Waals surface area contributed by atoms with Crippen LogP contribution in [-0.4, -0.2) is 38.6 Å². The molecule has 1 fully saturated rings. The van der Waals surface area contributed by atoms with E-state index in [0.717, 1.165) is 24.3 Å². The molecular weight excluding hydrogens is 376 g/mol. The van der Waals surface area contributed by atoms with E-state index in [0.29, 0.717) is 17.2 Å². The van der Waals surface area contributed by atoms with Crippen LogP contribution in [0, 0.1) is 0 Å². The molecule has 0 spiro atoms. The van der Waals surface area contributed by atoms with Gasteiger partial charge in [0.2, 0.25) is 0 Å². The average molecular weight is 398 g/mol. The first-order valence-corrected chi connectivity index (χ1v) is 10.2. The van der Waals surface area contributed by atoms with Gasteiger partial charge in [0.05, 0.1) is 0 Å². The van der Waals surface area contributed by atoms with E-state index in [1.807, 2.05) is 40.9 Å². The average Bonchev–Trinajstić information content (AvgIpc) is 3.24.